The molecule has 0 radical (unpaired) electrons. The molecule has 0 aliphatic heterocycles. The van der Waals surface area contributed by atoms with Gasteiger partial charge in [-0.15, -0.1) is 0 Å². The highest BCUT2D eigenvalue weighted by molar-refractivity contribution is 6.30. The maximum absolute atomic E-state index is 13.4. The number of likely N-dealkylation sites (N-methyl/N-ethyl adjacent to an activating group) is 1. The van der Waals surface area contributed by atoms with Gasteiger partial charge in [-0.05, 0) is 32.0 Å². The maximum Gasteiger partial charge on any atom is 0.236 e. The first-order valence-electron chi connectivity index (χ1n) is 6.00. The van der Waals surface area contributed by atoms with Crippen molar-refractivity contribution >= 4 is 17.5 Å². The second-order valence-corrected chi connectivity index (χ2v) is 4.34. The van der Waals surface area contributed by atoms with E-state index in [0.717, 1.165) is 0 Å². The van der Waals surface area contributed by atoms with Crippen LogP contribution in [0, 0.1) is 5.82 Å². The highest BCUT2D eigenvalue weighted by Gasteiger charge is 2.09. The van der Waals surface area contributed by atoms with E-state index >= 15 is 0 Å². The van der Waals surface area contributed by atoms with Gasteiger partial charge in [-0.25, -0.2) is 4.39 Å². The Kier molecular flexibility index (Phi) is 6.09. The van der Waals surface area contributed by atoms with Crippen LogP contribution < -0.4 is 5.32 Å². The van der Waals surface area contributed by atoms with Crippen molar-refractivity contribution in [2.24, 2.45) is 0 Å². The largest absolute Gasteiger partial charge is 0.342 e. The van der Waals surface area contributed by atoms with E-state index in [2.05, 4.69) is 5.32 Å². The smallest absolute Gasteiger partial charge is 0.236 e. The van der Waals surface area contributed by atoms with Gasteiger partial charge in [-0.2, -0.15) is 0 Å². The average Bonchev–Trinajstić information content (AvgIpc) is 2.35. The highest BCUT2D eigenvalue weighted by atomic mass is 35.5. The van der Waals surface area contributed by atoms with Gasteiger partial charge in [0.1, 0.15) is 5.82 Å². The summed E-state index contributed by atoms with van der Waals surface area (Å²) < 4.78 is 13.4. The monoisotopic (exact) mass is 272 g/mol. The van der Waals surface area contributed by atoms with Crippen LogP contribution in [-0.4, -0.2) is 30.4 Å². The van der Waals surface area contributed by atoms with Gasteiger partial charge in [0, 0.05) is 30.2 Å². The zero-order valence-electron chi connectivity index (χ0n) is 10.7. The van der Waals surface area contributed by atoms with Crippen molar-refractivity contribution in [1.29, 1.82) is 0 Å². The van der Waals surface area contributed by atoms with E-state index in [1.165, 1.54) is 12.1 Å². The molecule has 0 aliphatic rings. The molecule has 1 N–H and O–H groups in total. The number of nitrogens with zero attached hydrogens (tertiary/aromatic N) is 1. The summed E-state index contributed by atoms with van der Waals surface area (Å²) in [6.45, 7) is 5.72. The van der Waals surface area contributed by atoms with Gasteiger partial charge in [-0.1, -0.05) is 11.6 Å². The van der Waals surface area contributed by atoms with Crippen LogP contribution in [0.3, 0.4) is 0 Å². The normalized spacial score (nSPS) is 10.4. The Morgan fingerprint density at radius 2 is 2.06 bits per heavy atom. The van der Waals surface area contributed by atoms with E-state index in [1.54, 1.807) is 11.0 Å². The minimum atomic E-state index is -0.317. The number of nitrogens with one attached hydrogen (secondary N) is 1. The summed E-state index contributed by atoms with van der Waals surface area (Å²) in [7, 11) is 0. The number of benzene rings is 1. The fraction of sp³-hybridized carbons (Fsp3) is 0.462. The molecule has 1 rings (SSSR count). The predicted octanol–water partition coefficient (Wildman–Crippen LogP) is 2.44. The summed E-state index contributed by atoms with van der Waals surface area (Å²) in [5, 5.41) is 3.42. The molecule has 0 bridgehead atoms. The van der Waals surface area contributed by atoms with Crippen molar-refractivity contribution < 1.29 is 9.18 Å². The molecule has 1 amide bonds. The Bertz CT molecular complexity index is 408. The fourth-order valence-corrected chi connectivity index (χ4v) is 1.87. The van der Waals surface area contributed by atoms with Gasteiger partial charge in [0.25, 0.3) is 0 Å². The predicted molar refractivity (Wildman–Crippen MR) is 71.0 cm³/mol. The molecule has 1 aromatic carbocycles. The quantitative estimate of drug-likeness (QED) is 0.863. The first-order valence-corrected chi connectivity index (χ1v) is 6.38. The Morgan fingerprint density at radius 1 is 1.39 bits per heavy atom. The van der Waals surface area contributed by atoms with Crippen molar-refractivity contribution in [3.8, 4) is 0 Å². The first kappa shape index (κ1) is 14.9. The number of carbonyl (C=O) groups is 1. The van der Waals surface area contributed by atoms with E-state index in [1.807, 2.05) is 13.8 Å². The molecule has 5 heteroatoms. The Hall–Kier alpha value is -1.13. The van der Waals surface area contributed by atoms with Crippen LogP contribution in [0.15, 0.2) is 18.2 Å². The summed E-state index contributed by atoms with van der Waals surface area (Å²) in [6, 6.07) is 4.39. The third kappa shape index (κ3) is 4.27. The molecule has 0 heterocycles. The molecule has 1 aromatic rings. The van der Waals surface area contributed by atoms with Crippen molar-refractivity contribution in [2.45, 2.75) is 20.4 Å². The molecular formula is C13H18ClFN2O. The number of hydrogen-bond donors (Lipinski definition) is 1. The van der Waals surface area contributed by atoms with E-state index in [-0.39, 0.29) is 18.3 Å². The number of carbonyl (C=O) groups excluding carboxylic acids is 1. The van der Waals surface area contributed by atoms with Crippen molar-refractivity contribution in [3.05, 3.63) is 34.6 Å². The molecule has 0 spiro atoms. The molecule has 18 heavy (non-hydrogen) atoms. The van der Waals surface area contributed by atoms with E-state index in [9.17, 15) is 9.18 Å². The van der Waals surface area contributed by atoms with Gasteiger partial charge >= 0.3 is 0 Å². The van der Waals surface area contributed by atoms with Gasteiger partial charge in [0.15, 0.2) is 0 Å². The molecular weight excluding hydrogens is 255 g/mol. The average molecular weight is 273 g/mol. The lowest BCUT2D eigenvalue weighted by Gasteiger charge is -2.18. The standard InChI is InChI=1S/C13H18ClFN2O/c1-3-17(4-2)13(18)9-16-8-10-7-11(14)5-6-12(10)15/h5-7,16H,3-4,8-9H2,1-2H3. The fourth-order valence-electron chi connectivity index (χ4n) is 1.67. The van der Waals surface area contributed by atoms with E-state index in [4.69, 9.17) is 11.6 Å². The van der Waals surface area contributed by atoms with Crippen LogP contribution in [0.4, 0.5) is 4.39 Å². The SMILES string of the molecule is CCN(CC)C(=O)CNCc1cc(Cl)ccc1F. The molecule has 0 saturated carbocycles. The van der Waals surface area contributed by atoms with Gasteiger partial charge in [0.05, 0.1) is 6.54 Å². The number of halogens is 2. The number of hydrogen-bond acceptors (Lipinski definition) is 2. The van der Waals surface area contributed by atoms with Gasteiger partial charge in [0.2, 0.25) is 5.91 Å². The molecule has 0 aromatic heterocycles. The summed E-state index contributed by atoms with van der Waals surface area (Å²) in [5.41, 5.74) is 0.467. The lowest BCUT2D eigenvalue weighted by Crippen LogP contribution is -2.37. The molecule has 100 valence electrons. The lowest BCUT2D eigenvalue weighted by atomic mass is 10.2. The second-order valence-electron chi connectivity index (χ2n) is 3.91. The summed E-state index contributed by atoms with van der Waals surface area (Å²) in [4.78, 5) is 13.4. The van der Waals surface area contributed by atoms with Gasteiger partial charge < -0.3 is 10.2 Å². The molecule has 0 saturated heterocycles. The van der Waals surface area contributed by atoms with Crippen LogP contribution in [0.1, 0.15) is 19.4 Å². The third-order valence-corrected chi connectivity index (χ3v) is 2.95. The molecule has 3 nitrogen and oxygen atoms in total. The minimum absolute atomic E-state index is 0.0161. The topological polar surface area (TPSA) is 32.3 Å². The van der Waals surface area contributed by atoms with Crippen molar-refractivity contribution in [1.82, 2.24) is 10.2 Å². The maximum atomic E-state index is 13.4. The Morgan fingerprint density at radius 3 is 2.67 bits per heavy atom. The van der Waals surface area contributed by atoms with Crippen LogP contribution in [0.2, 0.25) is 5.02 Å². The third-order valence-electron chi connectivity index (χ3n) is 2.72. The molecule has 0 unspecified atom stereocenters. The zero-order chi connectivity index (χ0) is 13.5. The van der Waals surface area contributed by atoms with Crippen LogP contribution in [-0.2, 0) is 11.3 Å². The minimum Gasteiger partial charge on any atom is -0.342 e. The van der Waals surface area contributed by atoms with Crippen LogP contribution in [0.25, 0.3) is 0 Å². The Balaban J connectivity index is 2.46. The van der Waals surface area contributed by atoms with E-state index in [0.29, 0.717) is 30.2 Å². The zero-order valence-corrected chi connectivity index (χ0v) is 11.4. The van der Waals surface area contributed by atoms with Crippen molar-refractivity contribution in [3.63, 3.8) is 0 Å². The summed E-state index contributed by atoms with van der Waals surface area (Å²) in [6.07, 6.45) is 0. The van der Waals surface area contributed by atoms with Gasteiger partial charge in [-0.3, -0.25) is 4.79 Å². The van der Waals surface area contributed by atoms with Crippen LogP contribution in [0.5, 0.6) is 0 Å². The Labute approximate surface area is 112 Å². The first-order chi connectivity index (χ1) is 8.58. The molecule has 0 aliphatic carbocycles. The number of amides is 1. The molecule has 0 fully saturated rings. The highest BCUT2D eigenvalue weighted by Crippen LogP contribution is 2.14. The summed E-state index contributed by atoms with van der Waals surface area (Å²) in [5.74, 6) is -0.301. The van der Waals surface area contributed by atoms with E-state index < -0.39 is 0 Å². The number of rotatable bonds is 6. The van der Waals surface area contributed by atoms with Crippen molar-refractivity contribution in [2.75, 3.05) is 19.6 Å². The lowest BCUT2D eigenvalue weighted by molar-refractivity contribution is -0.129. The second kappa shape index (κ2) is 7.34. The van der Waals surface area contributed by atoms with Crippen LogP contribution >= 0.6 is 11.6 Å². The summed E-state index contributed by atoms with van der Waals surface area (Å²) >= 11 is 5.78. The molecule has 0 atom stereocenters.